The topological polar surface area (TPSA) is 105 Å². The van der Waals surface area contributed by atoms with E-state index in [1.807, 2.05) is 0 Å². The van der Waals surface area contributed by atoms with E-state index in [0.29, 0.717) is 0 Å². The summed E-state index contributed by atoms with van der Waals surface area (Å²) in [5, 5.41) is 0. The normalized spacial score (nSPS) is 30.2. The molecule has 62 valence electrons. The number of primary amides is 2. The van der Waals surface area contributed by atoms with Crippen molar-refractivity contribution in [3.05, 3.63) is 0 Å². The van der Waals surface area contributed by atoms with Gasteiger partial charge in [-0.2, -0.15) is 0 Å². The van der Waals surface area contributed by atoms with E-state index in [4.69, 9.17) is 20.9 Å². The molecule has 0 radical (unpaired) electrons. The van der Waals surface area contributed by atoms with Crippen molar-refractivity contribution in [1.29, 1.82) is 0 Å². The van der Waals surface area contributed by atoms with Gasteiger partial charge in [0.15, 0.2) is 12.2 Å². The standard InChI is InChI=1S/C5H8N2O4/c6-4(8)2-3(5(7)9)11-1-10-2/h2-3H,1H2,(H2,6,8)(H2,7,9). The van der Waals surface area contributed by atoms with Gasteiger partial charge in [-0.25, -0.2) is 0 Å². The molecule has 1 saturated heterocycles. The molecule has 0 aliphatic carbocycles. The van der Waals surface area contributed by atoms with Gasteiger partial charge in [0.05, 0.1) is 0 Å². The van der Waals surface area contributed by atoms with Crippen LogP contribution in [-0.2, 0) is 19.1 Å². The summed E-state index contributed by atoms with van der Waals surface area (Å²) in [4.78, 5) is 21.1. The lowest BCUT2D eigenvalue weighted by molar-refractivity contribution is -0.133. The van der Waals surface area contributed by atoms with Crippen molar-refractivity contribution in [3.63, 3.8) is 0 Å². The van der Waals surface area contributed by atoms with Crippen LogP contribution < -0.4 is 11.5 Å². The molecular formula is C5H8N2O4. The third kappa shape index (κ3) is 1.47. The second-order valence-corrected chi connectivity index (χ2v) is 2.10. The van der Waals surface area contributed by atoms with Crippen LogP contribution >= 0.6 is 0 Å². The van der Waals surface area contributed by atoms with Crippen molar-refractivity contribution < 1.29 is 19.1 Å². The lowest BCUT2D eigenvalue weighted by Gasteiger charge is -2.08. The van der Waals surface area contributed by atoms with E-state index in [0.717, 1.165) is 0 Å². The molecule has 0 bridgehead atoms. The predicted molar refractivity (Wildman–Crippen MR) is 33.0 cm³/mol. The van der Waals surface area contributed by atoms with E-state index in [-0.39, 0.29) is 6.79 Å². The molecule has 1 fully saturated rings. The van der Waals surface area contributed by atoms with Crippen molar-refractivity contribution in [3.8, 4) is 0 Å². The Hall–Kier alpha value is -1.14. The largest absolute Gasteiger partial charge is 0.367 e. The van der Waals surface area contributed by atoms with Crippen LogP contribution in [0.4, 0.5) is 0 Å². The molecule has 0 aromatic carbocycles. The van der Waals surface area contributed by atoms with Crippen LogP contribution in [0.3, 0.4) is 0 Å². The first-order valence-corrected chi connectivity index (χ1v) is 2.95. The zero-order valence-electron chi connectivity index (χ0n) is 5.65. The highest BCUT2D eigenvalue weighted by Crippen LogP contribution is 2.11. The summed E-state index contributed by atoms with van der Waals surface area (Å²) in [5.41, 5.74) is 9.75. The van der Waals surface area contributed by atoms with Crippen LogP contribution in [0.5, 0.6) is 0 Å². The summed E-state index contributed by atoms with van der Waals surface area (Å²) in [6, 6.07) is 0. The zero-order valence-corrected chi connectivity index (χ0v) is 5.65. The van der Waals surface area contributed by atoms with Crippen LogP contribution in [-0.4, -0.2) is 30.8 Å². The van der Waals surface area contributed by atoms with Crippen molar-refractivity contribution >= 4 is 11.8 Å². The van der Waals surface area contributed by atoms with Crippen molar-refractivity contribution in [2.75, 3.05) is 6.79 Å². The SMILES string of the molecule is NC(=O)C1OCOC1C(N)=O. The van der Waals surface area contributed by atoms with Gasteiger partial charge in [0.1, 0.15) is 6.79 Å². The Balaban J connectivity index is 2.65. The maximum Gasteiger partial charge on any atom is 0.249 e. The van der Waals surface area contributed by atoms with Gasteiger partial charge in [-0.15, -0.1) is 0 Å². The first-order valence-electron chi connectivity index (χ1n) is 2.95. The molecule has 2 unspecified atom stereocenters. The smallest absolute Gasteiger partial charge is 0.249 e. The number of amides is 2. The second-order valence-electron chi connectivity index (χ2n) is 2.10. The number of carbonyl (C=O) groups is 2. The van der Waals surface area contributed by atoms with E-state index in [2.05, 4.69) is 0 Å². The Kier molecular flexibility index (Phi) is 2.06. The summed E-state index contributed by atoms with van der Waals surface area (Å²) in [7, 11) is 0. The lowest BCUT2D eigenvalue weighted by Crippen LogP contribution is -2.44. The summed E-state index contributed by atoms with van der Waals surface area (Å²) in [6.07, 6.45) is -2.07. The average molecular weight is 160 g/mol. The van der Waals surface area contributed by atoms with Crippen molar-refractivity contribution in [2.24, 2.45) is 11.5 Å². The third-order valence-corrected chi connectivity index (χ3v) is 1.33. The van der Waals surface area contributed by atoms with Gasteiger partial charge >= 0.3 is 0 Å². The molecule has 4 N–H and O–H groups in total. The summed E-state index contributed by atoms with van der Waals surface area (Å²) in [5.74, 6) is -1.49. The molecule has 0 aromatic rings. The quantitative estimate of drug-likeness (QED) is 0.473. The Bertz CT molecular complexity index is 173. The molecule has 2 atom stereocenters. The fourth-order valence-electron chi connectivity index (χ4n) is 0.823. The molecule has 1 aliphatic rings. The molecule has 11 heavy (non-hydrogen) atoms. The molecule has 0 saturated carbocycles. The molecule has 2 amide bonds. The minimum absolute atomic E-state index is 0.124. The van der Waals surface area contributed by atoms with E-state index < -0.39 is 24.0 Å². The zero-order chi connectivity index (χ0) is 8.43. The maximum absolute atomic E-state index is 10.5. The van der Waals surface area contributed by atoms with E-state index in [1.54, 1.807) is 0 Å². The highest BCUT2D eigenvalue weighted by atomic mass is 16.7. The summed E-state index contributed by atoms with van der Waals surface area (Å²) in [6.45, 7) is -0.124. The number of ether oxygens (including phenoxy) is 2. The molecule has 1 aliphatic heterocycles. The minimum Gasteiger partial charge on any atom is -0.367 e. The van der Waals surface area contributed by atoms with E-state index in [9.17, 15) is 9.59 Å². The number of nitrogens with two attached hydrogens (primary N) is 2. The Labute approximate surface area is 62.4 Å². The van der Waals surface area contributed by atoms with Crippen LogP contribution in [0.1, 0.15) is 0 Å². The highest BCUT2D eigenvalue weighted by Gasteiger charge is 2.37. The number of rotatable bonds is 2. The van der Waals surface area contributed by atoms with Gasteiger partial charge in [0.25, 0.3) is 0 Å². The Morgan fingerprint density at radius 3 is 1.73 bits per heavy atom. The van der Waals surface area contributed by atoms with Crippen LogP contribution in [0, 0.1) is 0 Å². The highest BCUT2D eigenvalue weighted by molar-refractivity contribution is 5.89. The fourth-order valence-corrected chi connectivity index (χ4v) is 0.823. The molecule has 6 nitrogen and oxygen atoms in total. The first kappa shape index (κ1) is 7.96. The van der Waals surface area contributed by atoms with Gasteiger partial charge in [-0.1, -0.05) is 0 Å². The molecule has 0 spiro atoms. The molecular weight excluding hydrogens is 152 g/mol. The van der Waals surface area contributed by atoms with Crippen LogP contribution in [0.2, 0.25) is 0 Å². The van der Waals surface area contributed by atoms with E-state index >= 15 is 0 Å². The Morgan fingerprint density at radius 2 is 1.45 bits per heavy atom. The predicted octanol–water partition coefficient (Wildman–Crippen LogP) is -2.30. The summed E-state index contributed by atoms with van der Waals surface area (Å²) < 4.78 is 9.38. The fraction of sp³-hybridized carbons (Fsp3) is 0.600. The molecule has 1 heterocycles. The summed E-state index contributed by atoms with van der Waals surface area (Å²) >= 11 is 0. The van der Waals surface area contributed by atoms with Gasteiger partial charge < -0.3 is 20.9 Å². The monoisotopic (exact) mass is 160 g/mol. The number of hydrogen-bond donors (Lipinski definition) is 2. The first-order chi connectivity index (χ1) is 5.13. The third-order valence-electron chi connectivity index (χ3n) is 1.33. The van der Waals surface area contributed by atoms with Gasteiger partial charge in [-0.05, 0) is 0 Å². The van der Waals surface area contributed by atoms with Crippen LogP contribution in [0.25, 0.3) is 0 Å². The van der Waals surface area contributed by atoms with Crippen molar-refractivity contribution in [2.45, 2.75) is 12.2 Å². The lowest BCUT2D eigenvalue weighted by atomic mass is 10.2. The maximum atomic E-state index is 10.5. The van der Waals surface area contributed by atoms with Crippen LogP contribution in [0.15, 0.2) is 0 Å². The molecule has 0 aromatic heterocycles. The van der Waals surface area contributed by atoms with E-state index in [1.165, 1.54) is 0 Å². The second kappa shape index (κ2) is 2.85. The van der Waals surface area contributed by atoms with Gasteiger partial charge in [-0.3, -0.25) is 9.59 Å². The van der Waals surface area contributed by atoms with Crippen molar-refractivity contribution in [1.82, 2.24) is 0 Å². The van der Waals surface area contributed by atoms with Gasteiger partial charge in [0.2, 0.25) is 11.8 Å². The average Bonchev–Trinajstić information content (AvgIpc) is 2.32. The van der Waals surface area contributed by atoms with Gasteiger partial charge in [0, 0.05) is 0 Å². The minimum atomic E-state index is -1.03. The Morgan fingerprint density at radius 1 is 1.09 bits per heavy atom. The number of carbonyl (C=O) groups excluding carboxylic acids is 2. The molecule has 1 rings (SSSR count). The molecule has 6 heteroatoms. The number of hydrogen-bond acceptors (Lipinski definition) is 4.